The summed E-state index contributed by atoms with van der Waals surface area (Å²) in [7, 11) is 0. The Bertz CT molecular complexity index is 480. The van der Waals surface area contributed by atoms with Gasteiger partial charge in [0.05, 0.1) is 17.7 Å². The van der Waals surface area contributed by atoms with Gasteiger partial charge in [-0.25, -0.2) is 4.79 Å². The monoisotopic (exact) mass is 249 g/mol. The molecule has 94 valence electrons. The lowest BCUT2D eigenvalue weighted by Gasteiger charge is -1.92. The van der Waals surface area contributed by atoms with Crippen molar-refractivity contribution >= 4 is 24.1 Å². The van der Waals surface area contributed by atoms with Crippen molar-refractivity contribution in [3.05, 3.63) is 39.9 Å². The molecule has 1 rings (SSSR count). The minimum absolute atomic E-state index is 0.00201. The number of carbonyl (C=O) groups is 1. The number of hydrogen-bond acceptors (Lipinski definition) is 6. The van der Waals surface area contributed by atoms with E-state index in [-0.39, 0.29) is 12.3 Å². The van der Waals surface area contributed by atoms with Crippen LogP contribution in [-0.4, -0.2) is 29.9 Å². The summed E-state index contributed by atoms with van der Waals surface area (Å²) in [6, 6.07) is 5.77. The van der Waals surface area contributed by atoms with Gasteiger partial charge >= 0.3 is 5.97 Å². The first kappa shape index (κ1) is 13.5. The standard InChI is InChI=1S/C11H11N3O4/c1-2-18-11(15)8-13-12-7-9-3-5-10(6-4-9)14(16)17/h3-8H,2H2,1H3/b12-7+,13-8+. The lowest BCUT2D eigenvalue weighted by atomic mass is 10.2. The van der Waals surface area contributed by atoms with E-state index < -0.39 is 10.9 Å². The van der Waals surface area contributed by atoms with Gasteiger partial charge in [-0.05, 0) is 24.6 Å². The van der Waals surface area contributed by atoms with Crippen molar-refractivity contribution < 1.29 is 14.5 Å². The lowest BCUT2D eigenvalue weighted by molar-refractivity contribution is -0.384. The van der Waals surface area contributed by atoms with Crippen molar-refractivity contribution in [2.24, 2.45) is 10.2 Å². The number of nitrogens with zero attached hydrogens (tertiary/aromatic N) is 3. The van der Waals surface area contributed by atoms with E-state index in [1.807, 2.05) is 0 Å². The van der Waals surface area contributed by atoms with Crippen molar-refractivity contribution in [1.29, 1.82) is 0 Å². The first-order valence-electron chi connectivity index (χ1n) is 5.11. The highest BCUT2D eigenvalue weighted by Gasteiger charge is 2.02. The van der Waals surface area contributed by atoms with Crippen LogP contribution in [-0.2, 0) is 9.53 Å². The average Bonchev–Trinajstić information content (AvgIpc) is 2.35. The van der Waals surface area contributed by atoms with Gasteiger partial charge in [-0.15, -0.1) is 0 Å². The molecule has 0 aliphatic heterocycles. The third-order valence-corrected chi connectivity index (χ3v) is 1.83. The first-order valence-corrected chi connectivity index (χ1v) is 5.11. The molecule has 0 aliphatic rings. The molecule has 1 aromatic carbocycles. The first-order chi connectivity index (χ1) is 8.63. The van der Waals surface area contributed by atoms with Gasteiger partial charge in [0, 0.05) is 12.1 Å². The fourth-order valence-electron chi connectivity index (χ4n) is 1.04. The Kier molecular flexibility index (Phi) is 5.17. The van der Waals surface area contributed by atoms with Crippen LogP contribution in [0.15, 0.2) is 34.5 Å². The summed E-state index contributed by atoms with van der Waals surface area (Å²) in [5.74, 6) is -0.571. The third kappa shape index (κ3) is 4.52. The highest BCUT2D eigenvalue weighted by Crippen LogP contribution is 2.10. The molecule has 0 saturated heterocycles. The summed E-state index contributed by atoms with van der Waals surface area (Å²) in [6.07, 6.45) is 2.32. The number of esters is 1. The van der Waals surface area contributed by atoms with Crippen LogP contribution in [0.3, 0.4) is 0 Å². The quantitative estimate of drug-likeness (QED) is 0.342. The summed E-state index contributed by atoms with van der Waals surface area (Å²) in [6.45, 7) is 1.96. The zero-order chi connectivity index (χ0) is 13.4. The second kappa shape index (κ2) is 6.89. The fraction of sp³-hybridized carbons (Fsp3) is 0.182. The van der Waals surface area contributed by atoms with Crippen LogP contribution in [0.2, 0.25) is 0 Å². The molecule has 0 aromatic heterocycles. The van der Waals surface area contributed by atoms with Gasteiger partial charge in [0.25, 0.3) is 5.69 Å². The molecule has 0 saturated carbocycles. The maximum atomic E-state index is 10.9. The second-order valence-corrected chi connectivity index (χ2v) is 3.09. The molecule has 0 bridgehead atoms. The van der Waals surface area contributed by atoms with E-state index in [0.29, 0.717) is 5.56 Å². The Morgan fingerprint density at radius 2 is 2.06 bits per heavy atom. The largest absolute Gasteiger partial charge is 0.462 e. The highest BCUT2D eigenvalue weighted by atomic mass is 16.6. The van der Waals surface area contributed by atoms with Gasteiger partial charge in [-0.2, -0.15) is 10.2 Å². The van der Waals surface area contributed by atoms with Crippen LogP contribution >= 0.6 is 0 Å². The lowest BCUT2D eigenvalue weighted by Crippen LogP contribution is -2.04. The van der Waals surface area contributed by atoms with Gasteiger partial charge in [0.15, 0.2) is 0 Å². The van der Waals surface area contributed by atoms with Gasteiger partial charge < -0.3 is 4.74 Å². The molecule has 0 spiro atoms. The molecule has 0 N–H and O–H groups in total. The number of nitro groups is 1. The normalized spacial score (nSPS) is 10.9. The number of ether oxygens (including phenoxy) is 1. The number of hydrogen-bond donors (Lipinski definition) is 0. The molecule has 7 heteroatoms. The van der Waals surface area contributed by atoms with Crippen molar-refractivity contribution in [3.8, 4) is 0 Å². The third-order valence-electron chi connectivity index (χ3n) is 1.83. The SMILES string of the molecule is CCOC(=O)/C=N/N=C/c1ccc([N+](=O)[O-])cc1. The fourth-order valence-corrected chi connectivity index (χ4v) is 1.04. The van der Waals surface area contributed by atoms with Gasteiger partial charge in [0.1, 0.15) is 6.21 Å². The molecule has 0 amide bonds. The van der Waals surface area contributed by atoms with E-state index in [0.717, 1.165) is 6.21 Å². The Labute approximate surface area is 103 Å². The molecule has 0 aliphatic carbocycles. The number of carbonyl (C=O) groups excluding carboxylic acids is 1. The molecule has 0 radical (unpaired) electrons. The molecular formula is C11H11N3O4. The van der Waals surface area contributed by atoms with E-state index in [1.165, 1.54) is 30.5 Å². The Morgan fingerprint density at radius 1 is 1.39 bits per heavy atom. The summed E-state index contributed by atoms with van der Waals surface area (Å²) < 4.78 is 4.60. The molecule has 0 heterocycles. The maximum absolute atomic E-state index is 10.9. The van der Waals surface area contributed by atoms with E-state index >= 15 is 0 Å². The van der Waals surface area contributed by atoms with E-state index in [4.69, 9.17) is 0 Å². The van der Waals surface area contributed by atoms with Crippen molar-refractivity contribution in [2.45, 2.75) is 6.92 Å². The summed E-state index contributed by atoms with van der Waals surface area (Å²) >= 11 is 0. The zero-order valence-corrected chi connectivity index (χ0v) is 9.65. The van der Waals surface area contributed by atoms with Crippen LogP contribution in [0.1, 0.15) is 12.5 Å². The molecular weight excluding hydrogens is 238 g/mol. The predicted octanol–water partition coefficient (Wildman–Crippen LogP) is 1.56. The average molecular weight is 249 g/mol. The Morgan fingerprint density at radius 3 is 2.61 bits per heavy atom. The zero-order valence-electron chi connectivity index (χ0n) is 9.65. The van der Waals surface area contributed by atoms with Crippen LogP contribution in [0.25, 0.3) is 0 Å². The van der Waals surface area contributed by atoms with Gasteiger partial charge in [-0.1, -0.05) is 0 Å². The Balaban J connectivity index is 2.57. The number of rotatable bonds is 5. The minimum Gasteiger partial charge on any atom is -0.462 e. The van der Waals surface area contributed by atoms with Crippen LogP contribution < -0.4 is 0 Å². The summed E-state index contributed by atoms with van der Waals surface area (Å²) in [5.41, 5.74) is 0.642. The molecule has 18 heavy (non-hydrogen) atoms. The molecule has 7 nitrogen and oxygen atoms in total. The summed E-state index contributed by atoms with van der Waals surface area (Å²) in [5, 5.41) is 17.5. The van der Waals surface area contributed by atoms with Crippen molar-refractivity contribution in [1.82, 2.24) is 0 Å². The smallest absolute Gasteiger partial charge is 0.351 e. The Hall–Kier alpha value is -2.57. The van der Waals surface area contributed by atoms with E-state index in [1.54, 1.807) is 6.92 Å². The molecule has 0 unspecified atom stereocenters. The van der Waals surface area contributed by atoms with Crippen molar-refractivity contribution in [3.63, 3.8) is 0 Å². The van der Waals surface area contributed by atoms with E-state index in [9.17, 15) is 14.9 Å². The number of non-ortho nitro benzene ring substituents is 1. The van der Waals surface area contributed by atoms with Crippen LogP contribution in [0.5, 0.6) is 0 Å². The summed E-state index contributed by atoms with van der Waals surface area (Å²) in [4.78, 5) is 20.8. The number of nitro benzene ring substituents is 1. The minimum atomic E-state index is -0.571. The van der Waals surface area contributed by atoms with Gasteiger partial charge in [0.2, 0.25) is 0 Å². The van der Waals surface area contributed by atoms with Gasteiger partial charge in [-0.3, -0.25) is 10.1 Å². The molecule has 0 fully saturated rings. The topological polar surface area (TPSA) is 94.2 Å². The number of benzene rings is 1. The van der Waals surface area contributed by atoms with E-state index in [2.05, 4.69) is 14.9 Å². The second-order valence-electron chi connectivity index (χ2n) is 3.09. The van der Waals surface area contributed by atoms with Crippen LogP contribution in [0, 0.1) is 10.1 Å². The highest BCUT2D eigenvalue weighted by molar-refractivity contribution is 6.23. The molecule has 1 aromatic rings. The van der Waals surface area contributed by atoms with Crippen molar-refractivity contribution in [2.75, 3.05) is 6.61 Å². The predicted molar refractivity (Wildman–Crippen MR) is 65.8 cm³/mol. The maximum Gasteiger partial charge on any atom is 0.351 e. The molecule has 0 atom stereocenters. The van der Waals surface area contributed by atoms with Crippen LogP contribution in [0.4, 0.5) is 5.69 Å².